The Morgan fingerprint density at radius 3 is 2.36 bits per heavy atom. The Bertz CT molecular complexity index is 1530. The third-order valence-corrected chi connectivity index (χ3v) is 5.14. The zero-order valence-electron chi connectivity index (χ0n) is 17.5. The van der Waals surface area contributed by atoms with Crippen LogP contribution in [0.15, 0.2) is 53.3 Å². The summed E-state index contributed by atoms with van der Waals surface area (Å²) >= 11 is 0. The Morgan fingerprint density at radius 1 is 1.03 bits per heavy atom. The molecule has 0 spiro atoms. The average Bonchev–Trinajstić information content (AvgIpc) is 2.80. The monoisotopic (exact) mass is 440 g/mol. The fraction of sp³-hybridized carbons (Fsp3) is 0.0870. The molecule has 9 nitrogen and oxygen atoms in total. The lowest BCUT2D eigenvalue weighted by Gasteiger charge is -2.28. The molecule has 162 valence electrons. The molecule has 0 saturated carbocycles. The smallest absolute Gasteiger partial charge is 0.267 e. The normalized spacial score (nSPS) is 10.5. The van der Waals surface area contributed by atoms with Gasteiger partial charge in [-0.2, -0.15) is 20.5 Å². The number of para-hydroxylation sites is 1. The number of rotatable bonds is 4. The number of hydrogen-bond donors (Lipinski definition) is 2. The number of anilines is 4. The van der Waals surface area contributed by atoms with Gasteiger partial charge in [0.1, 0.15) is 40.7 Å². The van der Waals surface area contributed by atoms with Crippen molar-refractivity contribution in [1.82, 2.24) is 14.5 Å². The van der Waals surface area contributed by atoms with Crippen molar-refractivity contribution in [2.45, 2.75) is 6.92 Å². The van der Waals surface area contributed by atoms with E-state index in [4.69, 9.17) is 11.5 Å². The van der Waals surface area contributed by atoms with Gasteiger partial charge in [0.15, 0.2) is 5.82 Å². The Labute approximate surface area is 187 Å². The lowest BCUT2D eigenvalue weighted by Crippen LogP contribution is -2.31. The minimum Gasteiger partial charge on any atom is -0.382 e. The number of hydrogen-bond acceptors (Lipinski definition) is 8. The summed E-state index contributed by atoms with van der Waals surface area (Å²) < 4.78 is 16.0. The molecule has 2 aromatic carbocycles. The molecule has 0 unspecified atom stereocenters. The van der Waals surface area contributed by atoms with Crippen molar-refractivity contribution in [3.8, 4) is 17.8 Å². The van der Waals surface area contributed by atoms with E-state index in [-0.39, 0.29) is 51.8 Å². The molecule has 0 bridgehead atoms. The number of nitrogen functional groups attached to an aromatic ring is 2. The van der Waals surface area contributed by atoms with Crippen molar-refractivity contribution in [3.05, 3.63) is 75.8 Å². The van der Waals surface area contributed by atoms with E-state index >= 15 is 0 Å². The molecule has 2 heterocycles. The van der Waals surface area contributed by atoms with Crippen LogP contribution in [0, 0.1) is 28.5 Å². The molecule has 10 heteroatoms. The van der Waals surface area contributed by atoms with Crippen molar-refractivity contribution in [2.24, 2.45) is 0 Å². The van der Waals surface area contributed by atoms with E-state index in [0.29, 0.717) is 5.69 Å². The van der Waals surface area contributed by atoms with Crippen LogP contribution in [0.1, 0.15) is 18.1 Å². The molecule has 2 aromatic heterocycles. The standard InChI is InChI=1S/C23H17FN8O/c1-2-31(20-16(12-26)19(27)29-23(28)30-20)21-15(11-25)14-9-6-10-17(24)18(14)22(33)32(21)13-7-4-3-5-8-13/h3-10H,2H2,1H3,(H4,27,28,29,30). The van der Waals surface area contributed by atoms with Crippen molar-refractivity contribution in [3.63, 3.8) is 0 Å². The SMILES string of the molecule is CCN(c1nc(N)nc(N)c1C#N)c1c(C#N)c2cccc(F)c2c(=O)n1-c1ccccc1. The van der Waals surface area contributed by atoms with Gasteiger partial charge in [-0.1, -0.05) is 30.3 Å². The highest BCUT2D eigenvalue weighted by molar-refractivity contribution is 5.93. The number of aromatic nitrogens is 3. The number of nitrogens with two attached hydrogens (primary N) is 2. The predicted octanol–water partition coefficient (Wildman–Crippen LogP) is 2.99. The molecule has 0 atom stereocenters. The van der Waals surface area contributed by atoms with Gasteiger partial charge in [-0.15, -0.1) is 0 Å². The second-order valence-corrected chi connectivity index (χ2v) is 6.97. The van der Waals surface area contributed by atoms with Crippen LogP contribution in [0.3, 0.4) is 0 Å². The summed E-state index contributed by atoms with van der Waals surface area (Å²) in [5.41, 5.74) is 11.4. The zero-order chi connectivity index (χ0) is 23.7. The van der Waals surface area contributed by atoms with E-state index in [1.807, 2.05) is 6.07 Å². The minimum absolute atomic E-state index is 0.0226. The molecule has 4 aromatic rings. The van der Waals surface area contributed by atoms with Gasteiger partial charge in [-0.25, -0.2) is 4.39 Å². The maximum Gasteiger partial charge on any atom is 0.267 e. The van der Waals surface area contributed by atoms with Crippen LogP contribution in [0.2, 0.25) is 0 Å². The first kappa shape index (κ1) is 21.3. The number of nitrogens with zero attached hydrogens (tertiary/aromatic N) is 6. The van der Waals surface area contributed by atoms with E-state index in [1.54, 1.807) is 37.3 Å². The summed E-state index contributed by atoms with van der Waals surface area (Å²) in [4.78, 5) is 23.1. The van der Waals surface area contributed by atoms with Crippen molar-refractivity contribution in [2.75, 3.05) is 22.9 Å². The van der Waals surface area contributed by atoms with Crippen molar-refractivity contribution < 1.29 is 4.39 Å². The summed E-state index contributed by atoms with van der Waals surface area (Å²) in [6.07, 6.45) is 0. The molecular weight excluding hydrogens is 423 g/mol. The highest BCUT2D eigenvalue weighted by Crippen LogP contribution is 2.35. The molecule has 0 amide bonds. The summed E-state index contributed by atoms with van der Waals surface area (Å²) in [7, 11) is 0. The van der Waals surface area contributed by atoms with Crippen LogP contribution < -0.4 is 21.9 Å². The molecule has 4 rings (SSSR count). The highest BCUT2D eigenvalue weighted by Gasteiger charge is 2.27. The Morgan fingerprint density at radius 2 is 1.73 bits per heavy atom. The summed E-state index contributed by atoms with van der Waals surface area (Å²) in [5.74, 6) is -0.942. The first-order valence-electron chi connectivity index (χ1n) is 9.86. The predicted molar refractivity (Wildman–Crippen MR) is 122 cm³/mol. The summed E-state index contributed by atoms with van der Waals surface area (Å²) in [5, 5.41) is 19.7. The van der Waals surface area contributed by atoms with Gasteiger partial charge in [0.2, 0.25) is 5.95 Å². The number of benzene rings is 2. The lowest BCUT2D eigenvalue weighted by atomic mass is 10.0. The van der Waals surface area contributed by atoms with Crippen molar-refractivity contribution in [1.29, 1.82) is 10.5 Å². The fourth-order valence-electron chi connectivity index (χ4n) is 3.76. The largest absolute Gasteiger partial charge is 0.382 e. The van der Waals surface area contributed by atoms with E-state index in [2.05, 4.69) is 16.0 Å². The van der Waals surface area contributed by atoms with Crippen LogP contribution in [0.25, 0.3) is 16.5 Å². The molecule has 0 fully saturated rings. The van der Waals surface area contributed by atoms with Crippen LogP contribution in [0.5, 0.6) is 0 Å². The third kappa shape index (κ3) is 3.36. The second kappa shape index (κ2) is 8.29. The summed E-state index contributed by atoms with van der Waals surface area (Å²) in [6.45, 7) is 1.92. The maximum absolute atomic E-state index is 14.8. The average molecular weight is 440 g/mol. The van der Waals surface area contributed by atoms with E-state index in [1.165, 1.54) is 21.6 Å². The summed E-state index contributed by atoms with van der Waals surface area (Å²) in [6, 6.07) is 16.6. The quantitative estimate of drug-likeness (QED) is 0.491. The maximum atomic E-state index is 14.8. The Kier molecular flexibility index (Phi) is 5.34. The molecule has 0 radical (unpaired) electrons. The first-order chi connectivity index (χ1) is 15.9. The Balaban J connectivity index is 2.24. The molecule has 0 aliphatic carbocycles. The number of fused-ring (bicyclic) bond motifs is 1. The topological polar surface area (TPSA) is 151 Å². The molecule has 4 N–H and O–H groups in total. The van der Waals surface area contributed by atoms with Gasteiger partial charge < -0.3 is 16.4 Å². The first-order valence-corrected chi connectivity index (χ1v) is 9.86. The number of nitriles is 2. The molecule has 33 heavy (non-hydrogen) atoms. The highest BCUT2D eigenvalue weighted by atomic mass is 19.1. The zero-order valence-corrected chi connectivity index (χ0v) is 17.5. The molecule has 0 aliphatic heterocycles. The minimum atomic E-state index is -0.749. The van der Waals surface area contributed by atoms with Gasteiger partial charge >= 0.3 is 0 Å². The second-order valence-electron chi connectivity index (χ2n) is 6.97. The van der Waals surface area contributed by atoms with Crippen molar-refractivity contribution >= 4 is 34.2 Å². The van der Waals surface area contributed by atoms with Crippen LogP contribution >= 0.6 is 0 Å². The number of pyridine rings is 1. The Hall–Kier alpha value is -4.96. The molecule has 0 saturated heterocycles. The van der Waals surface area contributed by atoms with E-state index in [0.717, 1.165) is 6.07 Å². The molecule has 0 aliphatic rings. The fourth-order valence-corrected chi connectivity index (χ4v) is 3.76. The van der Waals surface area contributed by atoms with E-state index in [9.17, 15) is 19.7 Å². The van der Waals surface area contributed by atoms with Crippen LogP contribution in [-0.4, -0.2) is 21.1 Å². The number of halogens is 1. The lowest BCUT2D eigenvalue weighted by molar-refractivity contribution is 0.638. The van der Waals surface area contributed by atoms with E-state index < -0.39 is 11.4 Å². The van der Waals surface area contributed by atoms with Gasteiger partial charge in [-0.3, -0.25) is 9.36 Å². The van der Waals surface area contributed by atoms with Gasteiger partial charge in [-0.05, 0) is 25.1 Å². The van der Waals surface area contributed by atoms with Gasteiger partial charge in [0.05, 0.1) is 11.1 Å². The third-order valence-electron chi connectivity index (χ3n) is 5.14. The van der Waals surface area contributed by atoms with Crippen LogP contribution in [-0.2, 0) is 0 Å². The van der Waals surface area contributed by atoms with Gasteiger partial charge in [0, 0.05) is 11.9 Å². The van der Waals surface area contributed by atoms with Crippen LogP contribution in [0.4, 0.5) is 27.8 Å². The van der Waals surface area contributed by atoms with Gasteiger partial charge in [0.25, 0.3) is 5.56 Å². The molecular formula is C23H17FN8O.